The van der Waals surface area contributed by atoms with Crippen LogP contribution in [0.1, 0.15) is 25.7 Å². The SMILES string of the molecule is O=[N+]([O-])c1ccc(S(=O)(=O)NCC2(O)CCCC2)cc1F. The lowest BCUT2D eigenvalue weighted by atomic mass is 10.0. The minimum atomic E-state index is -4.02. The standard InChI is InChI=1S/C12H15FN2O5S/c13-10-7-9(3-4-11(10)15(17)18)21(19,20)14-8-12(16)5-1-2-6-12/h3-4,7,14,16H,1-2,5-6,8H2. The zero-order chi connectivity index (χ0) is 15.7. The van der Waals surface area contributed by atoms with Gasteiger partial charge in [0, 0.05) is 18.7 Å². The first kappa shape index (κ1) is 15.8. The van der Waals surface area contributed by atoms with Crippen LogP contribution < -0.4 is 4.72 Å². The summed E-state index contributed by atoms with van der Waals surface area (Å²) in [4.78, 5) is 9.15. The molecule has 0 atom stereocenters. The number of benzene rings is 1. The molecule has 1 aliphatic carbocycles. The third-order valence-electron chi connectivity index (χ3n) is 3.55. The number of rotatable bonds is 5. The lowest BCUT2D eigenvalue weighted by Crippen LogP contribution is -2.40. The van der Waals surface area contributed by atoms with Gasteiger partial charge in [-0.05, 0) is 18.9 Å². The maximum Gasteiger partial charge on any atom is 0.304 e. The van der Waals surface area contributed by atoms with Crippen molar-refractivity contribution in [1.82, 2.24) is 4.72 Å². The zero-order valence-electron chi connectivity index (χ0n) is 11.1. The molecule has 0 heterocycles. The highest BCUT2D eigenvalue weighted by molar-refractivity contribution is 7.89. The summed E-state index contributed by atoms with van der Waals surface area (Å²) in [5, 5.41) is 20.6. The van der Waals surface area contributed by atoms with Crippen LogP contribution in [0.3, 0.4) is 0 Å². The Morgan fingerprint density at radius 2 is 2.00 bits per heavy atom. The molecule has 2 rings (SSSR count). The number of halogens is 1. The molecule has 1 aromatic carbocycles. The zero-order valence-corrected chi connectivity index (χ0v) is 11.9. The first-order valence-corrected chi connectivity index (χ1v) is 7.88. The Balaban J connectivity index is 2.16. The summed E-state index contributed by atoms with van der Waals surface area (Å²) in [6, 6.07) is 2.36. The minimum Gasteiger partial charge on any atom is -0.389 e. The molecule has 1 saturated carbocycles. The molecule has 1 aromatic rings. The molecular formula is C12H15FN2O5S. The Morgan fingerprint density at radius 3 is 2.52 bits per heavy atom. The molecule has 0 aromatic heterocycles. The second-order valence-corrected chi connectivity index (χ2v) is 6.89. The van der Waals surface area contributed by atoms with Crippen LogP contribution in [0.25, 0.3) is 0 Å². The molecule has 9 heteroatoms. The Bertz CT molecular complexity index is 656. The predicted molar refractivity (Wildman–Crippen MR) is 71.7 cm³/mol. The lowest BCUT2D eigenvalue weighted by molar-refractivity contribution is -0.387. The number of nitro groups is 1. The Kier molecular flexibility index (Phi) is 4.26. The van der Waals surface area contributed by atoms with Crippen LogP contribution in [-0.2, 0) is 10.0 Å². The molecular weight excluding hydrogens is 303 g/mol. The molecule has 7 nitrogen and oxygen atoms in total. The number of hydrogen-bond acceptors (Lipinski definition) is 5. The van der Waals surface area contributed by atoms with Gasteiger partial charge in [0.05, 0.1) is 15.4 Å². The summed E-state index contributed by atoms with van der Waals surface area (Å²) in [5.74, 6) is -1.22. The highest BCUT2D eigenvalue weighted by Crippen LogP contribution is 2.29. The third-order valence-corrected chi connectivity index (χ3v) is 4.95. The Morgan fingerprint density at radius 1 is 1.38 bits per heavy atom. The number of nitro benzene ring substituents is 1. The van der Waals surface area contributed by atoms with Crippen LogP contribution in [0, 0.1) is 15.9 Å². The van der Waals surface area contributed by atoms with Crippen LogP contribution in [0.15, 0.2) is 23.1 Å². The molecule has 0 amide bonds. The molecule has 21 heavy (non-hydrogen) atoms. The van der Waals surface area contributed by atoms with Crippen LogP contribution in [-0.4, -0.2) is 30.6 Å². The first-order valence-electron chi connectivity index (χ1n) is 6.40. The summed E-state index contributed by atoms with van der Waals surface area (Å²) in [7, 11) is -4.02. The summed E-state index contributed by atoms with van der Waals surface area (Å²) in [6.45, 7) is -0.159. The third kappa shape index (κ3) is 3.55. The van der Waals surface area contributed by atoms with Gasteiger partial charge in [-0.25, -0.2) is 13.1 Å². The summed E-state index contributed by atoms with van der Waals surface area (Å²) < 4.78 is 39.7. The van der Waals surface area contributed by atoms with E-state index in [0.29, 0.717) is 18.9 Å². The fraction of sp³-hybridized carbons (Fsp3) is 0.500. The molecule has 0 saturated heterocycles. The van der Waals surface area contributed by atoms with Gasteiger partial charge in [-0.1, -0.05) is 12.8 Å². The largest absolute Gasteiger partial charge is 0.389 e. The molecule has 0 radical (unpaired) electrons. The summed E-state index contributed by atoms with van der Waals surface area (Å²) >= 11 is 0. The van der Waals surface area contributed by atoms with E-state index < -0.39 is 36.9 Å². The lowest BCUT2D eigenvalue weighted by Gasteiger charge is -2.22. The van der Waals surface area contributed by atoms with Gasteiger partial charge in [0.1, 0.15) is 0 Å². The average molecular weight is 318 g/mol. The smallest absolute Gasteiger partial charge is 0.304 e. The van der Waals surface area contributed by atoms with Crippen molar-refractivity contribution in [1.29, 1.82) is 0 Å². The van der Waals surface area contributed by atoms with Gasteiger partial charge >= 0.3 is 5.69 Å². The van der Waals surface area contributed by atoms with E-state index in [1.165, 1.54) is 0 Å². The van der Waals surface area contributed by atoms with Crippen molar-refractivity contribution in [2.45, 2.75) is 36.2 Å². The second kappa shape index (κ2) is 5.66. The monoisotopic (exact) mass is 318 g/mol. The van der Waals surface area contributed by atoms with Crippen LogP contribution in [0.5, 0.6) is 0 Å². The summed E-state index contributed by atoms with van der Waals surface area (Å²) in [6.07, 6.45) is 2.66. The highest BCUT2D eigenvalue weighted by Gasteiger charge is 2.32. The van der Waals surface area contributed by atoms with Crippen molar-refractivity contribution in [3.63, 3.8) is 0 Å². The minimum absolute atomic E-state index is 0.159. The van der Waals surface area contributed by atoms with Crippen molar-refractivity contribution in [3.8, 4) is 0 Å². The molecule has 1 aliphatic rings. The molecule has 0 spiro atoms. The Hall–Kier alpha value is -1.58. The quantitative estimate of drug-likeness (QED) is 0.628. The molecule has 1 fully saturated rings. The molecule has 116 valence electrons. The van der Waals surface area contributed by atoms with Crippen molar-refractivity contribution in [2.75, 3.05) is 6.54 Å². The second-order valence-electron chi connectivity index (χ2n) is 5.13. The molecule has 0 aliphatic heterocycles. The van der Waals surface area contributed by atoms with E-state index in [1.807, 2.05) is 0 Å². The number of nitrogens with zero attached hydrogens (tertiary/aromatic N) is 1. The van der Waals surface area contributed by atoms with Crippen LogP contribution in [0.2, 0.25) is 0 Å². The normalized spacial score (nSPS) is 17.8. The van der Waals surface area contributed by atoms with Crippen LogP contribution in [0.4, 0.5) is 10.1 Å². The fourth-order valence-electron chi connectivity index (χ4n) is 2.33. The maximum atomic E-state index is 13.5. The molecule has 0 unspecified atom stereocenters. The van der Waals surface area contributed by atoms with Crippen molar-refractivity contribution < 1.29 is 22.8 Å². The van der Waals surface area contributed by atoms with Gasteiger partial charge < -0.3 is 5.11 Å². The van der Waals surface area contributed by atoms with E-state index in [0.717, 1.165) is 25.0 Å². The van der Waals surface area contributed by atoms with Gasteiger partial charge in [-0.15, -0.1) is 0 Å². The van der Waals surface area contributed by atoms with Gasteiger partial charge in [0.25, 0.3) is 0 Å². The van der Waals surface area contributed by atoms with E-state index in [4.69, 9.17) is 0 Å². The van der Waals surface area contributed by atoms with E-state index in [-0.39, 0.29) is 6.54 Å². The number of nitrogens with one attached hydrogen (secondary N) is 1. The van der Waals surface area contributed by atoms with Crippen molar-refractivity contribution in [3.05, 3.63) is 34.1 Å². The Labute approximate surface area is 121 Å². The van der Waals surface area contributed by atoms with E-state index >= 15 is 0 Å². The van der Waals surface area contributed by atoms with Gasteiger partial charge in [0.15, 0.2) is 0 Å². The fourth-order valence-corrected chi connectivity index (χ4v) is 3.46. The van der Waals surface area contributed by atoms with Crippen molar-refractivity contribution >= 4 is 15.7 Å². The maximum absolute atomic E-state index is 13.5. The van der Waals surface area contributed by atoms with Gasteiger partial charge in [-0.3, -0.25) is 10.1 Å². The number of aliphatic hydroxyl groups is 1. The van der Waals surface area contributed by atoms with Gasteiger partial charge in [0.2, 0.25) is 15.8 Å². The average Bonchev–Trinajstić information content (AvgIpc) is 2.84. The van der Waals surface area contributed by atoms with E-state index in [9.17, 15) is 28.0 Å². The van der Waals surface area contributed by atoms with E-state index in [1.54, 1.807) is 0 Å². The molecule has 0 bridgehead atoms. The van der Waals surface area contributed by atoms with E-state index in [2.05, 4.69) is 4.72 Å². The van der Waals surface area contributed by atoms with Gasteiger partial charge in [-0.2, -0.15) is 4.39 Å². The topological polar surface area (TPSA) is 110 Å². The predicted octanol–water partition coefficient (Wildman–Crippen LogP) is 1.32. The molecule has 2 N–H and O–H groups in total. The first-order chi connectivity index (χ1) is 9.73. The highest BCUT2D eigenvalue weighted by atomic mass is 32.2. The number of sulfonamides is 1. The van der Waals surface area contributed by atoms with Crippen LogP contribution >= 0.6 is 0 Å². The number of hydrogen-bond donors (Lipinski definition) is 2. The summed E-state index contributed by atoms with van der Waals surface area (Å²) in [5.41, 5.74) is -1.87. The van der Waals surface area contributed by atoms with Crippen molar-refractivity contribution in [2.24, 2.45) is 0 Å².